The SMILES string of the molecule is CC1CN=C2C(=O)OC(c3c(Cl)cccc3Cl)=C(Cl)N21. The number of esters is 1. The lowest BCUT2D eigenvalue weighted by atomic mass is 10.1. The van der Waals surface area contributed by atoms with Gasteiger partial charge in [0.2, 0.25) is 5.84 Å². The highest BCUT2D eigenvalue weighted by atomic mass is 35.5. The third-order valence-electron chi connectivity index (χ3n) is 3.14. The van der Waals surface area contributed by atoms with Gasteiger partial charge in [-0.1, -0.05) is 40.9 Å². The smallest absolute Gasteiger partial charge is 0.379 e. The van der Waals surface area contributed by atoms with Crippen molar-refractivity contribution in [1.29, 1.82) is 0 Å². The van der Waals surface area contributed by atoms with Gasteiger partial charge in [0.05, 0.1) is 28.2 Å². The van der Waals surface area contributed by atoms with Crippen molar-refractivity contribution in [1.82, 2.24) is 4.90 Å². The fourth-order valence-electron chi connectivity index (χ4n) is 2.19. The summed E-state index contributed by atoms with van der Waals surface area (Å²) in [6.45, 7) is 2.41. The van der Waals surface area contributed by atoms with Crippen molar-refractivity contribution in [2.45, 2.75) is 13.0 Å². The topological polar surface area (TPSA) is 41.9 Å². The summed E-state index contributed by atoms with van der Waals surface area (Å²) < 4.78 is 5.28. The molecule has 3 rings (SSSR count). The van der Waals surface area contributed by atoms with Crippen molar-refractivity contribution in [2.75, 3.05) is 6.54 Å². The van der Waals surface area contributed by atoms with Gasteiger partial charge in [-0.2, -0.15) is 0 Å². The molecule has 0 radical (unpaired) electrons. The average molecular weight is 332 g/mol. The number of halogens is 3. The molecule has 0 saturated carbocycles. The summed E-state index contributed by atoms with van der Waals surface area (Å²) in [6.07, 6.45) is 0. The van der Waals surface area contributed by atoms with Gasteiger partial charge in [-0.15, -0.1) is 0 Å². The third kappa shape index (κ3) is 1.99. The van der Waals surface area contributed by atoms with E-state index in [2.05, 4.69) is 4.99 Å². The van der Waals surface area contributed by atoms with Gasteiger partial charge >= 0.3 is 5.97 Å². The van der Waals surface area contributed by atoms with E-state index in [1.54, 1.807) is 23.1 Å². The number of carbonyl (C=O) groups is 1. The minimum absolute atomic E-state index is 0.0124. The largest absolute Gasteiger partial charge is 0.417 e. The number of fused-ring (bicyclic) bond motifs is 1. The van der Waals surface area contributed by atoms with E-state index in [0.29, 0.717) is 22.2 Å². The first-order valence-electron chi connectivity index (χ1n) is 5.90. The van der Waals surface area contributed by atoms with Crippen LogP contribution >= 0.6 is 34.8 Å². The molecule has 0 amide bonds. The maximum atomic E-state index is 12.0. The van der Waals surface area contributed by atoms with E-state index in [4.69, 9.17) is 39.5 Å². The van der Waals surface area contributed by atoms with Crippen LogP contribution in [-0.2, 0) is 9.53 Å². The molecule has 0 aromatic heterocycles. The Morgan fingerprint density at radius 1 is 1.30 bits per heavy atom. The van der Waals surface area contributed by atoms with Crippen LogP contribution in [0.25, 0.3) is 5.76 Å². The zero-order valence-corrected chi connectivity index (χ0v) is 12.6. The van der Waals surface area contributed by atoms with Gasteiger partial charge in [-0.05, 0) is 19.1 Å². The summed E-state index contributed by atoms with van der Waals surface area (Å²) in [5.74, 6) is -0.167. The second kappa shape index (κ2) is 4.95. The Morgan fingerprint density at radius 3 is 2.60 bits per heavy atom. The Kier molecular flexibility index (Phi) is 3.40. The van der Waals surface area contributed by atoms with Crippen molar-refractivity contribution >= 4 is 52.4 Å². The van der Waals surface area contributed by atoms with Crippen molar-refractivity contribution in [2.24, 2.45) is 4.99 Å². The summed E-state index contributed by atoms with van der Waals surface area (Å²) in [5, 5.41) is 1.000. The number of ether oxygens (including phenoxy) is 1. The van der Waals surface area contributed by atoms with Crippen molar-refractivity contribution < 1.29 is 9.53 Å². The average Bonchev–Trinajstić information content (AvgIpc) is 2.78. The molecule has 1 aromatic rings. The van der Waals surface area contributed by atoms with E-state index in [0.717, 1.165) is 0 Å². The molecule has 7 heteroatoms. The number of benzene rings is 1. The fraction of sp³-hybridized carbons (Fsp3) is 0.231. The van der Waals surface area contributed by atoms with Crippen LogP contribution in [0.5, 0.6) is 0 Å². The first-order valence-corrected chi connectivity index (χ1v) is 7.04. The molecule has 104 valence electrons. The molecule has 0 spiro atoms. The lowest BCUT2D eigenvalue weighted by molar-refractivity contribution is -0.130. The van der Waals surface area contributed by atoms with Gasteiger partial charge in [0.1, 0.15) is 0 Å². The quantitative estimate of drug-likeness (QED) is 0.584. The Bertz CT molecular complexity index is 649. The molecule has 0 N–H and O–H groups in total. The van der Waals surface area contributed by atoms with Gasteiger partial charge in [0.25, 0.3) is 0 Å². The van der Waals surface area contributed by atoms with Crippen LogP contribution in [0.4, 0.5) is 0 Å². The highest BCUT2D eigenvalue weighted by molar-refractivity contribution is 6.45. The van der Waals surface area contributed by atoms with Gasteiger partial charge in [0.15, 0.2) is 10.9 Å². The molecule has 2 aliphatic heterocycles. The van der Waals surface area contributed by atoms with E-state index < -0.39 is 5.97 Å². The van der Waals surface area contributed by atoms with E-state index in [-0.39, 0.29) is 22.8 Å². The van der Waals surface area contributed by atoms with E-state index >= 15 is 0 Å². The summed E-state index contributed by atoms with van der Waals surface area (Å²) in [5.41, 5.74) is 0.410. The van der Waals surface area contributed by atoms with Crippen LogP contribution < -0.4 is 0 Å². The lowest BCUT2D eigenvalue weighted by Gasteiger charge is -2.29. The molecule has 0 aliphatic carbocycles. The van der Waals surface area contributed by atoms with Crippen LogP contribution in [0, 0.1) is 0 Å². The lowest BCUT2D eigenvalue weighted by Crippen LogP contribution is -2.41. The number of carbonyl (C=O) groups excluding carboxylic acids is 1. The predicted molar refractivity (Wildman–Crippen MR) is 78.9 cm³/mol. The Morgan fingerprint density at radius 2 is 1.95 bits per heavy atom. The molecule has 2 heterocycles. The maximum absolute atomic E-state index is 12.0. The van der Waals surface area contributed by atoms with Crippen LogP contribution in [0.1, 0.15) is 12.5 Å². The summed E-state index contributed by atoms with van der Waals surface area (Å²) in [7, 11) is 0. The van der Waals surface area contributed by atoms with E-state index in [1.165, 1.54) is 0 Å². The number of aliphatic imine (C=N–C) groups is 1. The van der Waals surface area contributed by atoms with Gasteiger partial charge in [0, 0.05) is 0 Å². The molecule has 20 heavy (non-hydrogen) atoms. The number of amidine groups is 1. The van der Waals surface area contributed by atoms with E-state index in [9.17, 15) is 4.79 Å². The molecule has 1 aromatic carbocycles. The monoisotopic (exact) mass is 330 g/mol. The van der Waals surface area contributed by atoms with Crippen molar-refractivity contribution in [3.8, 4) is 0 Å². The molecule has 1 atom stereocenters. The second-order valence-electron chi connectivity index (χ2n) is 4.49. The zero-order valence-electron chi connectivity index (χ0n) is 10.4. The Hall–Kier alpha value is -1.23. The van der Waals surface area contributed by atoms with Crippen LogP contribution in [0.2, 0.25) is 10.0 Å². The maximum Gasteiger partial charge on any atom is 0.379 e. The number of rotatable bonds is 1. The van der Waals surface area contributed by atoms with Crippen molar-refractivity contribution in [3.63, 3.8) is 0 Å². The van der Waals surface area contributed by atoms with E-state index in [1.807, 2.05) is 6.92 Å². The zero-order chi connectivity index (χ0) is 14.4. The minimum atomic E-state index is -0.551. The molecule has 0 bridgehead atoms. The highest BCUT2D eigenvalue weighted by Gasteiger charge is 2.40. The van der Waals surface area contributed by atoms with Crippen LogP contribution in [0.15, 0.2) is 28.3 Å². The molecular formula is C13H9Cl3N2O2. The first-order chi connectivity index (χ1) is 9.50. The molecule has 2 aliphatic rings. The second-order valence-corrected chi connectivity index (χ2v) is 5.66. The van der Waals surface area contributed by atoms with Gasteiger partial charge in [-0.3, -0.25) is 4.99 Å². The van der Waals surface area contributed by atoms with Crippen LogP contribution in [-0.4, -0.2) is 29.3 Å². The number of cyclic esters (lactones) is 1. The highest BCUT2D eigenvalue weighted by Crippen LogP contribution is 2.39. The standard InChI is InChI=1S/C13H9Cl3N2O2/c1-6-5-17-12-13(19)20-10(11(16)18(6)12)9-7(14)3-2-4-8(9)15/h2-4,6H,5H2,1H3. The fourth-order valence-corrected chi connectivity index (χ4v) is 3.14. The van der Waals surface area contributed by atoms with Gasteiger partial charge in [-0.25, -0.2) is 4.79 Å². The molecular weight excluding hydrogens is 323 g/mol. The normalized spacial score (nSPS) is 21.8. The Labute approximate surface area is 130 Å². The molecule has 4 nitrogen and oxygen atoms in total. The predicted octanol–water partition coefficient (Wildman–Crippen LogP) is 3.52. The summed E-state index contributed by atoms with van der Waals surface area (Å²) in [6, 6.07) is 5.01. The van der Waals surface area contributed by atoms with Crippen molar-refractivity contribution in [3.05, 3.63) is 39.0 Å². The van der Waals surface area contributed by atoms with Crippen LogP contribution in [0.3, 0.4) is 0 Å². The van der Waals surface area contributed by atoms with Gasteiger partial charge < -0.3 is 9.64 Å². The minimum Gasteiger partial charge on any atom is -0.417 e. The number of nitrogens with zero attached hydrogens (tertiary/aromatic N) is 2. The summed E-state index contributed by atoms with van der Waals surface area (Å²) in [4.78, 5) is 17.8. The molecule has 0 fully saturated rings. The molecule has 0 saturated heterocycles. The number of hydrogen-bond donors (Lipinski definition) is 0. The summed E-state index contributed by atoms with van der Waals surface area (Å²) >= 11 is 18.6. The number of hydrogen-bond acceptors (Lipinski definition) is 4. The molecule has 1 unspecified atom stereocenters. The third-order valence-corrected chi connectivity index (χ3v) is 4.12. The Balaban J connectivity index is 2.19. The first kappa shape index (κ1) is 13.7.